The van der Waals surface area contributed by atoms with Crippen LogP contribution in [0.25, 0.3) is 0 Å². The minimum absolute atomic E-state index is 0.0692. The van der Waals surface area contributed by atoms with Crippen LogP contribution in [0.15, 0.2) is 16.8 Å². The fraction of sp³-hybridized carbons (Fsp3) is 0.611. The number of amides is 3. The molecule has 1 spiro atoms. The summed E-state index contributed by atoms with van der Waals surface area (Å²) in [7, 11) is 0. The van der Waals surface area contributed by atoms with E-state index in [0.29, 0.717) is 39.3 Å². The fourth-order valence-corrected chi connectivity index (χ4v) is 4.97. The smallest absolute Gasteiger partial charge is 0.246 e. The van der Waals surface area contributed by atoms with E-state index in [9.17, 15) is 14.4 Å². The third-order valence-electron chi connectivity index (χ3n) is 5.74. The van der Waals surface area contributed by atoms with Gasteiger partial charge in [-0.05, 0) is 24.3 Å². The maximum atomic E-state index is 12.8. The molecule has 140 valence electrons. The molecule has 0 aliphatic carbocycles. The first-order chi connectivity index (χ1) is 12.5. The van der Waals surface area contributed by atoms with E-state index in [4.69, 9.17) is 4.74 Å². The van der Waals surface area contributed by atoms with Crippen LogP contribution in [0.3, 0.4) is 0 Å². The predicted molar refractivity (Wildman–Crippen MR) is 96.9 cm³/mol. The Morgan fingerprint density at radius 3 is 2.85 bits per heavy atom. The van der Waals surface area contributed by atoms with Crippen LogP contribution in [0.4, 0.5) is 5.69 Å². The summed E-state index contributed by atoms with van der Waals surface area (Å²) in [6.07, 6.45) is 1.46. The van der Waals surface area contributed by atoms with Crippen LogP contribution >= 0.6 is 11.3 Å². The molecule has 0 saturated carbocycles. The van der Waals surface area contributed by atoms with Crippen LogP contribution in [-0.4, -0.2) is 72.5 Å². The lowest BCUT2D eigenvalue weighted by molar-refractivity contribution is -0.144. The Morgan fingerprint density at radius 1 is 1.35 bits per heavy atom. The molecule has 2 unspecified atom stereocenters. The maximum Gasteiger partial charge on any atom is 0.246 e. The molecule has 3 fully saturated rings. The lowest BCUT2D eigenvalue weighted by atomic mass is 9.92. The lowest BCUT2D eigenvalue weighted by Crippen LogP contribution is -2.67. The normalized spacial score (nSPS) is 29.0. The lowest BCUT2D eigenvalue weighted by Gasteiger charge is -2.47. The van der Waals surface area contributed by atoms with E-state index in [1.165, 1.54) is 6.92 Å². The number of carbonyl (C=O) groups excluding carboxylic acids is 3. The van der Waals surface area contributed by atoms with Crippen LogP contribution in [0, 0.1) is 5.92 Å². The number of hydrogen-bond donors (Lipinski definition) is 0. The molecule has 26 heavy (non-hydrogen) atoms. The number of piperazine rings is 1. The molecular formula is C18H23N3O4S. The van der Waals surface area contributed by atoms with Crippen molar-refractivity contribution in [3.8, 4) is 0 Å². The second-order valence-corrected chi connectivity index (χ2v) is 8.14. The Bertz CT molecular complexity index is 716. The van der Waals surface area contributed by atoms with Gasteiger partial charge in [-0.2, -0.15) is 11.3 Å². The molecule has 3 aliphatic rings. The molecule has 0 radical (unpaired) electrons. The van der Waals surface area contributed by atoms with Crippen molar-refractivity contribution in [1.82, 2.24) is 9.80 Å². The Kier molecular flexibility index (Phi) is 4.48. The van der Waals surface area contributed by atoms with Gasteiger partial charge in [-0.1, -0.05) is 0 Å². The molecule has 7 nitrogen and oxygen atoms in total. The monoisotopic (exact) mass is 377 g/mol. The minimum Gasteiger partial charge on any atom is -0.381 e. The summed E-state index contributed by atoms with van der Waals surface area (Å²) in [5, 5.41) is 3.89. The van der Waals surface area contributed by atoms with Crippen LogP contribution in [0.5, 0.6) is 0 Å². The second kappa shape index (κ2) is 6.66. The zero-order chi connectivity index (χ0) is 18.3. The van der Waals surface area contributed by atoms with Crippen molar-refractivity contribution in [3.63, 3.8) is 0 Å². The molecule has 1 aromatic heterocycles. The molecule has 0 bridgehead atoms. The topological polar surface area (TPSA) is 70.2 Å². The first-order valence-corrected chi connectivity index (χ1v) is 9.92. The zero-order valence-electron chi connectivity index (χ0n) is 14.8. The fourth-order valence-electron chi connectivity index (χ4n) is 4.33. The van der Waals surface area contributed by atoms with E-state index < -0.39 is 5.54 Å². The Morgan fingerprint density at radius 2 is 2.19 bits per heavy atom. The van der Waals surface area contributed by atoms with Gasteiger partial charge in [0, 0.05) is 32.0 Å². The predicted octanol–water partition coefficient (Wildman–Crippen LogP) is 0.951. The molecule has 1 aromatic rings. The molecule has 4 rings (SSSR count). The minimum atomic E-state index is -0.503. The van der Waals surface area contributed by atoms with Gasteiger partial charge in [0.2, 0.25) is 17.7 Å². The molecule has 0 N–H and O–H groups in total. The van der Waals surface area contributed by atoms with E-state index in [-0.39, 0.29) is 30.2 Å². The number of anilines is 1. The van der Waals surface area contributed by atoms with Crippen molar-refractivity contribution in [2.24, 2.45) is 5.92 Å². The molecular weight excluding hydrogens is 354 g/mol. The van der Waals surface area contributed by atoms with Gasteiger partial charge in [-0.15, -0.1) is 0 Å². The molecule has 4 heterocycles. The summed E-state index contributed by atoms with van der Waals surface area (Å²) in [5.74, 6) is -0.143. The number of nitrogens with zero attached hydrogens (tertiary/aromatic N) is 3. The molecule has 0 aromatic carbocycles. The summed E-state index contributed by atoms with van der Waals surface area (Å²) < 4.78 is 5.35. The summed E-state index contributed by atoms with van der Waals surface area (Å²) in [5.41, 5.74) is 0.369. The summed E-state index contributed by atoms with van der Waals surface area (Å²) in [4.78, 5) is 43.0. The van der Waals surface area contributed by atoms with Gasteiger partial charge in [-0.25, -0.2) is 0 Å². The van der Waals surface area contributed by atoms with Gasteiger partial charge in [0.1, 0.15) is 6.54 Å². The Hall–Kier alpha value is -1.93. The highest BCUT2D eigenvalue weighted by Gasteiger charge is 2.51. The SMILES string of the molecule is CC(=O)N1CC(=O)N(c2ccsc2)CC12CCN(C(=O)C1CCOC1)C2. The van der Waals surface area contributed by atoms with Crippen molar-refractivity contribution < 1.29 is 19.1 Å². The first-order valence-electron chi connectivity index (χ1n) is 8.97. The van der Waals surface area contributed by atoms with Gasteiger partial charge < -0.3 is 19.4 Å². The zero-order valence-corrected chi connectivity index (χ0v) is 15.7. The van der Waals surface area contributed by atoms with Crippen molar-refractivity contribution >= 4 is 34.7 Å². The largest absolute Gasteiger partial charge is 0.381 e. The number of likely N-dealkylation sites (tertiary alicyclic amines) is 1. The van der Waals surface area contributed by atoms with Crippen molar-refractivity contribution in [1.29, 1.82) is 0 Å². The van der Waals surface area contributed by atoms with Crippen molar-refractivity contribution in [2.45, 2.75) is 25.3 Å². The standard InChI is InChI=1S/C18H23N3O4S/c1-13(22)21-8-16(23)20(15-3-7-26-10-15)12-18(21)4-5-19(11-18)17(24)14-2-6-25-9-14/h3,7,10,14H,2,4-6,8-9,11-12H2,1H3. The Labute approximate surface area is 156 Å². The van der Waals surface area contributed by atoms with E-state index in [1.807, 2.05) is 21.7 Å². The van der Waals surface area contributed by atoms with Crippen molar-refractivity contribution in [3.05, 3.63) is 16.8 Å². The highest BCUT2D eigenvalue weighted by atomic mass is 32.1. The molecule has 8 heteroatoms. The van der Waals surface area contributed by atoms with E-state index in [2.05, 4.69) is 0 Å². The van der Waals surface area contributed by atoms with E-state index in [1.54, 1.807) is 21.1 Å². The third-order valence-corrected chi connectivity index (χ3v) is 6.41. The quantitative estimate of drug-likeness (QED) is 0.770. The molecule has 3 saturated heterocycles. The van der Waals surface area contributed by atoms with Gasteiger partial charge in [0.05, 0.1) is 30.3 Å². The number of carbonyl (C=O) groups is 3. The number of thiophene rings is 1. The molecule has 3 amide bonds. The second-order valence-electron chi connectivity index (χ2n) is 7.36. The van der Waals surface area contributed by atoms with Crippen LogP contribution in [0.2, 0.25) is 0 Å². The maximum absolute atomic E-state index is 12.8. The third kappa shape index (κ3) is 2.91. The molecule has 2 atom stereocenters. The summed E-state index contributed by atoms with van der Waals surface area (Å²) in [6, 6.07) is 1.92. The Balaban J connectivity index is 1.58. The van der Waals surface area contributed by atoms with Gasteiger partial charge in [-0.3, -0.25) is 14.4 Å². The van der Waals surface area contributed by atoms with Crippen LogP contribution < -0.4 is 4.90 Å². The summed E-state index contributed by atoms with van der Waals surface area (Å²) >= 11 is 1.54. The van der Waals surface area contributed by atoms with Crippen LogP contribution in [-0.2, 0) is 19.1 Å². The number of rotatable bonds is 2. The van der Waals surface area contributed by atoms with E-state index in [0.717, 1.165) is 12.1 Å². The highest BCUT2D eigenvalue weighted by Crippen LogP contribution is 2.36. The summed E-state index contributed by atoms with van der Waals surface area (Å²) in [6.45, 7) is 4.23. The average molecular weight is 377 g/mol. The van der Waals surface area contributed by atoms with Gasteiger partial charge in [0.25, 0.3) is 0 Å². The van der Waals surface area contributed by atoms with Crippen LogP contribution in [0.1, 0.15) is 19.8 Å². The average Bonchev–Trinajstić information content (AvgIpc) is 3.38. The van der Waals surface area contributed by atoms with Gasteiger partial charge >= 0.3 is 0 Å². The van der Waals surface area contributed by atoms with Gasteiger partial charge in [0.15, 0.2) is 0 Å². The molecule has 3 aliphatic heterocycles. The van der Waals surface area contributed by atoms with Crippen molar-refractivity contribution in [2.75, 3.05) is 44.3 Å². The highest BCUT2D eigenvalue weighted by molar-refractivity contribution is 7.08. The number of ether oxygens (including phenoxy) is 1. The first kappa shape index (κ1) is 17.5. The number of hydrogen-bond acceptors (Lipinski definition) is 5. The van der Waals surface area contributed by atoms with E-state index >= 15 is 0 Å².